The molecule has 1 aromatic heterocycles. The number of amides is 1. The summed E-state index contributed by atoms with van der Waals surface area (Å²) in [5.74, 6) is -1.63. The van der Waals surface area contributed by atoms with Crippen molar-refractivity contribution in [2.75, 3.05) is 38.0 Å². The summed E-state index contributed by atoms with van der Waals surface area (Å²) in [4.78, 5) is 34.7. The Balaban J connectivity index is 1.45. The number of anilines is 4. The summed E-state index contributed by atoms with van der Waals surface area (Å²) in [7, 11) is -0.382. The van der Waals surface area contributed by atoms with Crippen molar-refractivity contribution in [3.8, 4) is 5.75 Å². The van der Waals surface area contributed by atoms with E-state index in [1.165, 1.54) is 12.0 Å². The zero-order chi connectivity index (χ0) is 36.4. The fourth-order valence-corrected chi connectivity index (χ4v) is 8.21. The topological polar surface area (TPSA) is 152 Å². The van der Waals surface area contributed by atoms with Crippen molar-refractivity contribution in [3.63, 3.8) is 0 Å². The Kier molecular flexibility index (Phi) is 10.8. The van der Waals surface area contributed by atoms with E-state index in [1.54, 1.807) is 58.2 Å². The number of halogens is 3. The van der Waals surface area contributed by atoms with Crippen molar-refractivity contribution in [2.45, 2.75) is 71.3 Å². The number of carboxylic acids is 1. The van der Waals surface area contributed by atoms with Crippen LogP contribution >= 0.6 is 7.60 Å². The van der Waals surface area contributed by atoms with Crippen LogP contribution in [0.5, 0.6) is 5.75 Å². The van der Waals surface area contributed by atoms with Gasteiger partial charge in [-0.15, -0.1) is 0 Å². The Morgan fingerprint density at radius 2 is 1.76 bits per heavy atom. The van der Waals surface area contributed by atoms with E-state index in [1.807, 2.05) is 0 Å². The lowest BCUT2D eigenvalue weighted by Gasteiger charge is -2.34. The summed E-state index contributed by atoms with van der Waals surface area (Å²) < 4.78 is 72.0. The van der Waals surface area contributed by atoms with Gasteiger partial charge in [-0.2, -0.15) is 18.2 Å². The van der Waals surface area contributed by atoms with Crippen LogP contribution in [0.1, 0.15) is 85.0 Å². The summed E-state index contributed by atoms with van der Waals surface area (Å²) in [5.41, 5.74) is 0.985. The van der Waals surface area contributed by atoms with Crippen molar-refractivity contribution in [1.82, 2.24) is 14.9 Å². The molecule has 0 atom stereocenters. The third-order valence-corrected chi connectivity index (χ3v) is 11.3. The molecule has 2 aromatic carbocycles. The largest absolute Gasteiger partial charge is 0.495 e. The smallest absolute Gasteiger partial charge is 0.421 e. The second kappa shape index (κ2) is 14.6. The van der Waals surface area contributed by atoms with Gasteiger partial charge in [0.05, 0.1) is 48.8 Å². The number of hydrogen-bond donors (Lipinski definition) is 3. The van der Waals surface area contributed by atoms with Crippen LogP contribution in [0.4, 0.5) is 36.3 Å². The zero-order valence-corrected chi connectivity index (χ0v) is 29.4. The highest BCUT2D eigenvalue weighted by molar-refractivity contribution is 7.53. The van der Waals surface area contributed by atoms with Crippen molar-refractivity contribution in [2.24, 2.45) is 5.41 Å². The molecule has 50 heavy (non-hydrogen) atoms. The van der Waals surface area contributed by atoms with Gasteiger partial charge in [0, 0.05) is 19.8 Å². The van der Waals surface area contributed by atoms with Crippen LogP contribution < -0.4 is 15.4 Å². The lowest BCUT2D eigenvalue weighted by atomic mass is 9.69. The van der Waals surface area contributed by atoms with E-state index in [9.17, 15) is 32.4 Å². The van der Waals surface area contributed by atoms with Crippen LogP contribution in [-0.4, -0.2) is 59.2 Å². The minimum atomic E-state index is -4.82. The van der Waals surface area contributed by atoms with Crippen molar-refractivity contribution in [3.05, 3.63) is 64.3 Å². The fourth-order valence-electron chi connectivity index (χ4n) is 6.52. The molecular weight excluding hydrogens is 678 g/mol. The van der Waals surface area contributed by atoms with E-state index in [0.717, 1.165) is 5.56 Å². The monoisotopic (exact) mass is 719 g/mol. The summed E-state index contributed by atoms with van der Waals surface area (Å²) >= 11 is 0. The van der Waals surface area contributed by atoms with Crippen LogP contribution in [0, 0.1) is 5.41 Å². The first-order valence-electron chi connectivity index (χ1n) is 16.3. The third kappa shape index (κ3) is 7.74. The van der Waals surface area contributed by atoms with E-state index in [2.05, 4.69) is 20.6 Å². The van der Waals surface area contributed by atoms with Gasteiger partial charge in [0.1, 0.15) is 17.1 Å². The van der Waals surface area contributed by atoms with E-state index < -0.39 is 36.5 Å². The van der Waals surface area contributed by atoms with E-state index in [-0.39, 0.29) is 60.7 Å². The average Bonchev–Trinajstić information content (AvgIpc) is 3.36. The number of nitrogens with one attached hydrogen (secondary N) is 2. The standard InChI is InChI=1S/C34H41F3N5O7P/c1-6-48-50(46,49-7-2)19-20-8-10-25(27(16-20)47-5)40-32-38-17-24(34(35,36)37)29(41-32)39-26-11-9-22(23-18-42(4)30(43)28(23)26)21-12-14-33(3,15-13-21)31(44)45/h8-11,16-17,21H,6-7,12-15,18-19H2,1-5H3,(H,44,45)(H2,38,39,40,41)/t21-,33-. The number of aromatic nitrogens is 2. The Hall–Kier alpha value is -4.20. The van der Waals surface area contributed by atoms with Crippen LogP contribution in [0.25, 0.3) is 0 Å². The number of nitrogens with zero attached hydrogens (tertiary/aromatic N) is 3. The van der Waals surface area contributed by atoms with Gasteiger partial charge < -0.3 is 34.4 Å². The van der Waals surface area contributed by atoms with Crippen molar-refractivity contribution < 1.29 is 46.2 Å². The van der Waals surface area contributed by atoms with E-state index in [4.69, 9.17) is 13.8 Å². The number of methoxy groups -OCH3 is 1. The molecule has 3 aromatic rings. The fraction of sp³-hybridized carbons (Fsp3) is 0.471. The molecule has 1 fully saturated rings. The molecule has 3 N–H and O–H groups in total. The summed E-state index contributed by atoms with van der Waals surface area (Å²) in [5, 5.41) is 15.3. The Labute approximate surface area is 288 Å². The summed E-state index contributed by atoms with van der Waals surface area (Å²) in [6, 6.07) is 8.24. The molecule has 1 saturated carbocycles. The maximum atomic E-state index is 14.2. The molecule has 16 heteroatoms. The normalized spacial score (nSPS) is 19.3. The Morgan fingerprint density at radius 3 is 2.36 bits per heavy atom. The SMILES string of the molecule is CCOP(=O)(Cc1ccc(Nc2ncc(C(F)(F)F)c(Nc3ccc([C@H]4CC[C@](C)(C(=O)O)CC4)c4c3C(=O)N(C)C4)n2)c(OC)c1)OCC. The molecule has 2 heterocycles. The van der Waals surface area contributed by atoms with Crippen LogP contribution in [0.3, 0.4) is 0 Å². The maximum absolute atomic E-state index is 14.2. The van der Waals surface area contributed by atoms with Crippen LogP contribution in [0.15, 0.2) is 36.5 Å². The van der Waals surface area contributed by atoms with E-state index in [0.29, 0.717) is 48.7 Å². The molecule has 2 aliphatic rings. The average molecular weight is 720 g/mol. The number of carbonyl (C=O) groups is 2. The van der Waals surface area contributed by atoms with Gasteiger partial charge in [0.15, 0.2) is 0 Å². The van der Waals surface area contributed by atoms with Gasteiger partial charge in [-0.3, -0.25) is 14.2 Å². The highest BCUT2D eigenvalue weighted by Gasteiger charge is 2.41. The van der Waals surface area contributed by atoms with Crippen molar-refractivity contribution in [1.29, 1.82) is 0 Å². The molecule has 0 saturated heterocycles. The molecule has 0 bridgehead atoms. The van der Waals surface area contributed by atoms with Crippen LogP contribution in [0.2, 0.25) is 0 Å². The number of carboxylic acid groups (broad SMARTS) is 1. The number of hydrogen-bond acceptors (Lipinski definition) is 10. The molecular formula is C34H41F3N5O7P. The second-order valence-corrected chi connectivity index (χ2v) is 14.8. The zero-order valence-electron chi connectivity index (χ0n) is 28.5. The minimum Gasteiger partial charge on any atom is -0.495 e. The molecule has 12 nitrogen and oxygen atoms in total. The molecule has 1 aliphatic carbocycles. The third-order valence-electron chi connectivity index (χ3n) is 9.24. The molecule has 270 valence electrons. The number of carbonyl (C=O) groups excluding carboxylic acids is 1. The molecule has 0 unspecified atom stereocenters. The highest BCUT2D eigenvalue weighted by atomic mass is 31.2. The molecule has 5 rings (SSSR count). The maximum Gasteiger partial charge on any atom is 0.421 e. The lowest BCUT2D eigenvalue weighted by molar-refractivity contribution is -0.150. The number of ether oxygens (including phenoxy) is 1. The molecule has 0 radical (unpaired) electrons. The van der Waals surface area contributed by atoms with Crippen LogP contribution in [-0.2, 0) is 37.3 Å². The van der Waals surface area contributed by atoms with Gasteiger partial charge in [-0.1, -0.05) is 12.1 Å². The second-order valence-electron chi connectivity index (χ2n) is 12.7. The number of benzene rings is 2. The predicted molar refractivity (Wildman–Crippen MR) is 180 cm³/mol. The summed E-state index contributed by atoms with van der Waals surface area (Å²) in [6.07, 6.45) is -2.00. The van der Waals surface area contributed by atoms with E-state index >= 15 is 0 Å². The molecule has 1 aliphatic heterocycles. The number of aliphatic carboxylic acids is 1. The Bertz CT molecular complexity index is 1800. The first kappa shape index (κ1) is 37.1. The van der Waals surface area contributed by atoms with Gasteiger partial charge in [-0.25, -0.2) is 4.98 Å². The Morgan fingerprint density at radius 1 is 1.10 bits per heavy atom. The number of fused-ring (bicyclic) bond motifs is 1. The van der Waals surface area contributed by atoms with Gasteiger partial charge in [0.2, 0.25) is 5.95 Å². The number of rotatable bonds is 13. The highest BCUT2D eigenvalue weighted by Crippen LogP contribution is 2.52. The first-order chi connectivity index (χ1) is 23.6. The lowest BCUT2D eigenvalue weighted by Crippen LogP contribution is -2.32. The van der Waals surface area contributed by atoms with Gasteiger partial charge >= 0.3 is 19.7 Å². The van der Waals surface area contributed by atoms with Crippen molar-refractivity contribution >= 4 is 42.6 Å². The summed E-state index contributed by atoms with van der Waals surface area (Å²) in [6.45, 7) is 5.82. The van der Waals surface area contributed by atoms with Gasteiger partial charge in [-0.05, 0) is 87.3 Å². The molecule has 1 amide bonds. The minimum absolute atomic E-state index is 0.0109. The van der Waals surface area contributed by atoms with Gasteiger partial charge in [0.25, 0.3) is 5.91 Å². The predicted octanol–water partition coefficient (Wildman–Crippen LogP) is 8.09. The number of alkyl halides is 3. The first-order valence-corrected chi connectivity index (χ1v) is 18.0. The quantitative estimate of drug-likeness (QED) is 0.147. The molecule has 0 spiro atoms.